The molecule has 0 radical (unpaired) electrons. The van der Waals surface area contributed by atoms with Gasteiger partial charge >= 0.3 is 0 Å². The van der Waals surface area contributed by atoms with Gasteiger partial charge in [-0.05, 0) is 58.2 Å². The van der Waals surface area contributed by atoms with Gasteiger partial charge in [0.2, 0.25) is 0 Å². The molecule has 0 aromatic heterocycles. The Kier molecular flexibility index (Phi) is 2.81. The number of benzene rings is 1. The highest BCUT2D eigenvalue weighted by molar-refractivity contribution is 14.1. The van der Waals surface area contributed by atoms with Gasteiger partial charge in [-0.15, -0.1) is 0 Å². The first-order valence-corrected chi connectivity index (χ1v) is 5.26. The Bertz CT molecular complexity index is 282. The largest absolute Gasteiger partial charge is 0.0572 e. The van der Waals surface area contributed by atoms with Crippen molar-refractivity contribution in [3.8, 4) is 0 Å². The van der Waals surface area contributed by atoms with Crippen LogP contribution in [-0.4, -0.2) is 0 Å². The Labute approximate surface area is 88.5 Å². The van der Waals surface area contributed by atoms with Crippen molar-refractivity contribution in [2.75, 3.05) is 0 Å². The molecule has 66 valence electrons. The molecular formula is C11H15I. The first-order chi connectivity index (χ1) is 5.41. The summed E-state index contributed by atoms with van der Waals surface area (Å²) in [6.07, 6.45) is 0. The van der Waals surface area contributed by atoms with E-state index in [1.165, 1.54) is 14.7 Å². The van der Waals surface area contributed by atoms with E-state index in [0.717, 1.165) is 0 Å². The number of aryl methyl sites for hydroxylation is 1. The summed E-state index contributed by atoms with van der Waals surface area (Å²) >= 11 is 2.35. The zero-order chi connectivity index (χ0) is 9.35. The number of hydrogen-bond donors (Lipinski definition) is 0. The molecule has 1 rings (SSSR count). The molecule has 0 atom stereocenters. The molecule has 0 N–H and O–H groups in total. The molecule has 0 saturated heterocycles. The van der Waals surface area contributed by atoms with Gasteiger partial charge in [0.15, 0.2) is 0 Å². The van der Waals surface area contributed by atoms with Gasteiger partial charge in [-0.3, -0.25) is 0 Å². The third kappa shape index (κ3) is 2.22. The molecule has 12 heavy (non-hydrogen) atoms. The quantitative estimate of drug-likeness (QED) is 0.629. The molecular weight excluding hydrogens is 259 g/mol. The number of rotatable bonds is 0. The standard InChI is InChI=1S/C11H15I/c1-8-7-9(12)5-6-10(8)11(2,3)4/h5-7H,1-4H3. The molecule has 0 aliphatic rings. The lowest BCUT2D eigenvalue weighted by Gasteiger charge is -2.21. The van der Waals surface area contributed by atoms with Crippen molar-refractivity contribution in [3.63, 3.8) is 0 Å². The fraction of sp³-hybridized carbons (Fsp3) is 0.455. The van der Waals surface area contributed by atoms with Crippen LogP contribution in [0.25, 0.3) is 0 Å². The minimum Gasteiger partial charge on any atom is -0.0572 e. The molecule has 0 bridgehead atoms. The predicted molar refractivity (Wildman–Crippen MR) is 62.6 cm³/mol. The van der Waals surface area contributed by atoms with Gasteiger partial charge in [-0.2, -0.15) is 0 Å². The molecule has 0 spiro atoms. The normalized spacial score (nSPS) is 11.8. The minimum atomic E-state index is 0.272. The van der Waals surface area contributed by atoms with Crippen molar-refractivity contribution in [2.24, 2.45) is 0 Å². The second-order valence-electron chi connectivity index (χ2n) is 4.21. The van der Waals surface area contributed by atoms with Gasteiger partial charge in [0.1, 0.15) is 0 Å². The summed E-state index contributed by atoms with van der Waals surface area (Å²) in [6.45, 7) is 8.94. The average Bonchev–Trinajstić information content (AvgIpc) is 1.83. The first-order valence-electron chi connectivity index (χ1n) is 4.18. The van der Waals surface area contributed by atoms with Crippen LogP contribution in [0.3, 0.4) is 0 Å². The zero-order valence-corrected chi connectivity index (χ0v) is 10.3. The van der Waals surface area contributed by atoms with E-state index in [0.29, 0.717) is 0 Å². The van der Waals surface area contributed by atoms with Crippen molar-refractivity contribution in [2.45, 2.75) is 33.1 Å². The van der Waals surface area contributed by atoms with Crippen molar-refractivity contribution in [1.29, 1.82) is 0 Å². The smallest absolute Gasteiger partial charge is 0.0133 e. The van der Waals surface area contributed by atoms with E-state index in [1.54, 1.807) is 0 Å². The van der Waals surface area contributed by atoms with Crippen LogP contribution in [0.2, 0.25) is 0 Å². The van der Waals surface area contributed by atoms with Crippen molar-refractivity contribution >= 4 is 22.6 Å². The summed E-state index contributed by atoms with van der Waals surface area (Å²) in [5.41, 5.74) is 3.12. The number of hydrogen-bond acceptors (Lipinski definition) is 0. The topological polar surface area (TPSA) is 0 Å². The van der Waals surface area contributed by atoms with Crippen LogP contribution in [0.1, 0.15) is 31.9 Å². The maximum absolute atomic E-state index is 2.35. The first kappa shape index (κ1) is 10.0. The van der Waals surface area contributed by atoms with Crippen LogP contribution < -0.4 is 0 Å². The van der Waals surface area contributed by atoms with Crippen LogP contribution in [-0.2, 0) is 5.41 Å². The van der Waals surface area contributed by atoms with Crippen LogP contribution in [0.5, 0.6) is 0 Å². The fourth-order valence-corrected chi connectivity index (χ4v) is 2.12. The van der Waals surface area contributed by atoms with Gasteiger partial charge in [0.05, 0.1) is 0 Å². The SMILES string of the molecule is Cc1cc(I)ccc1C(C)(C)C. The highest BCUT2D eigenvalue weighted by Gasteiger charge is 2.15. The minimum absolute atomic E-state index is 0.272. The molecule has 0 heterocycles. The second-order valence-corrected chi connectivity index (χ2v) is 5.45. The average molecular weight is 274 g/mol. The van der Waals surface area contributed by atoms with Crippen LogP contribution >= 0.6 is 22.6 Å². The lowest BCUT2D eigenvalue weighted by atomic mass is 9.84. The molecule has 0 aliphatic heterocycles. The summed E-state index contributed by atoms with van der Waals surface area (Å²) in [5, 5.41) is 0. The van der Waals surface area contributed by atoms with E-state index in [1.807, 2.05) is 0 Å². The Balaban J connectivity index is 3.19. The number of halogens is 1. The van der Waals surface area contributed by atoms with Crippen molar-refractivity contribution in [3.05, 3.63) is 32.9 Å². The Morgan fingerprint density at radius 2 is 1.75 bits per heavy atom. The van der Waals surface area contributed by atoms with Crippen LogP contribution in [0.4, 0.5) is 0 Å². The molecule has 1 heteroatoms. The Morgan fingerprint density at radius 3 is 2.17 bits per heavy atom. The molecule has 0 fully saturated rings. The maximum Gasteiger partial charge on any atom is 0.0133 e. The van der Waals surface area contributed by atoms with E-state index >= 15 is 0 Å². The third-order valence-corrected chi connectivity index (χ3v) is 2.67. The van der Waals surface area contributed by atoms with E-state index in [-0.39, 0.29) is 5.41 Å². The van der Waals surface area contributed by atoms with E-state index in [2.05, 4.69) is 68.5 Å². The van der Waals surface area contributed by atoms with Gasteiger partial charge < -0.3 is 0 Å². The summed E-state index contributed by atoms with van der Waals surface area (Å²) in [6, 6.07) is 6.65. The lowest BCUT2D eigenvalue weighted by Crippen LogP contribution is -2.12. The van der Waals surface area contributed by atoms with E-state index in [9.17, 15) is 0 Å². The van der Waals surface area contributed by atoms with Gasteiger partial charge in [0, 0.05) is 3.57 Å². The molecule has 0 unspecified atom stereocenters. The summed E-state index contributed by atoms with van der Waals surface area (Å²) < 4.78 is 1.32. The fourth-order valence-electron chi connectivity index (χ4n) is 1.47. The van der Waals surface area contributed by atoms with E-state index < -0.39 is 0 Å². The molecule has 1 aromatic rings. The lowest BCUT2D eigenvalue weighted by molar-refractivity contribution is 0.586. The molecule has 0 saturated carbocycles. The summed E-state index contributed by atoms with van der Waals surface area (Å²) in [7, 11) is 0. The summed E-state index contributed by atoms with van der Waals surface area (Å²) in [5.74, 6) is 0. The molecule has 1 aromatic carbocycles. The Morgan fingerprint density at radius 1 is 1.17 bits per heavy atom. The zero-order valence-electron chi connectivity index (χ0n) is 8.11. The Hall–Kier alpha value is -0.0500. The van der Waals surface area contributed by atoms with Crippen molar-refractivity contribution in [1.82, 2.24) is 0 Å². The van der Waals surface area contributed by atoms with E-state index in [4.69, 9.17) is 0 Å². The third-order valence-electron chi connectivity index (χ3n) is 2.00. The second kappa shape index (κ2) is 3.36. The van der Waals surface area contributed by atoms with Gasteiger partial charge in [-0.25, -0.2) is 0 Å². The highest BCUT2D eigenvalue weighted by atomic mass is 127. The van der Waals surface area contributed by atoms with Gasteiger partial charge in [-0.1, -0.05) is 26.8 Å². The predicted octanol–water partition coefficient (Wildman–Crippen LogP) is 3.90. The van der Waals surface area contributed by atoms with Crippen LogP contribution in [0, 0.1) is 10.5 Å². The maximum atomic E-state index is 2.35. The van der Waals surface area contributed by atoms with Crippen molar-refractivity contribution < 1.29 is 0 Å². The highest BCUT2D eigenvalue weighted by Crippen LogP contribution is 2.26. The summed E-state index contributed by atoms with van der Waals surface area (Å²) in [4.78, 5) is 0. The molecule has 0 nitrogen and oxygen atoms in total. The monoisotopic (exact) mass is 274 g/mol. The molecule has 0 amide bonds. The molecule has 0 aliphatic carbocycles. The van der Waals surface area contributed by atoms with Gasteiger partial charge in [0.25, 0.3) is 0 Å². The van der Waals surface area contributed by atoms with Crippen LogP contribution in [0.15, 0.2) is 18.2 Å².